The van der Waals surface area contributed by atoms with Gasteiger partial charge < -0.3 is 15.3 Å². The summed E-state index contributed by atoms with van der Waals surface area (Å²) in [6.07, 6.45) is -0.174. The van der Waals surface area contributed by atoms with Gasteiger partial charge in [-0.1, -0.05) is 12.1 Å². The lowest BCUT2D eigenvalue weighted by Gasteiger charge is -2.35. The third kappa shape index (κ3) is 3.55. The van der Waals surface area contributed by atoms with E-state index in [0.29, 0.717) is 40.3 Å². The van der Waals surface area contributed by atoms with E-state index in [9.17, 15) is 14.7 Å². The van der Waals surface area contributed by atoms with Crippen molar-refractivity contribution in [1.82, 2.24) is 10.3 Å². The Bertz CT molecular complexity index is 1010. The van der Waals surface area contributed by atoms with Gasteiger partial charge in [0.2, 0.25) is 0 Å². The van der Waals surface area contributed by atoms with Crippen LogP contribution in [0.5, 0.6) is 5.75 Å². The fourth-order valence-corrected chi connectivity index (χ4v) is 3.89. The lowest BCUT2D eigenvalue weighted by atomic mass is 9.91. The number of hydrazine groups is 1. The van der Waals surface area contributed by atoms with Gasteiger partial charge in [0.1, 0.15) is 17.2 Å². The van der Waals surface area contributed by atoms with Gasteiger partial charge in [-0.3, -0.25) is 19.5 Å². The maximum absolute atomic E-state index is 12.4. The summed E-state index contributed by atoms with van der Waals surface area (Å²) >= 11 is 0. The molecular weight excluding hydrogens is 384 g/mol. The normalized spacial score (nSPS) is 19.9. The SMILES string of the molecule is CC1(C)C[C@H](O)c2cc(C(=NCCN3C(=O)c4ccccc4C3=O)NN)ccc2O1. The molecule has 1 atom stereocenters. The molecule has 0 radical (unpaired) electrons. The zero-order chi connectivity index (χ0) is 21.5. The highest BCUT2D eigenvalue weighted by Gasteiger charge is 2.35. The van der Waals surface area contributed by atoms with Crippen LogP contribution in [-0.4, -0.2) is 46.3 Å². The Morgan fingerprint density at radius 3 is 2.53 bits per heavy atom. The van der Waals surface area contributed by atoms with Crippen LogP contribution in [0.15, 0.2) is 47.5 Å². The molecule has 2 amide bonds. The summed E-state index contributed by atoms with van der Waals surface area (Å²) in [5.74, 6) is 6.05. The Hall–Kier alpha value is -3.23. The minimum Gasteiger partial charge on any atom is -0.487 e. The number of aliphatic imine (C=N–C) groups is 1. The monoisotopic (exact) mass is 408 g/mol. The second kappa shape index (κ2) is 7.55. The van der Waals surface area contributed by atoms with Crippen LogP contribution in [0, 0.1) is 0 Å². The van der Waals surface area contributed by atoms with Gasteiger partial charge in [-0.25, -0.2) is 5.84 Å². The molecule has 2 aliphatic rings. The molecule has 0 fully saturated rings. The molecule has 0 saturated carbocycles. The largest absolute Gasteiger partial charge is 0.487 e. The van der Waals surface area contributed by atoms with Gasteiger partial charge >= 0.3 is 0 Å². The number of benzene rings is 2. The van der Waals surface area contributed by atoms with Crippen LogP contribution in [0.4, 0.5) is 0 Å². The Balaban J connectivity index is 1.50. The predicted octanol–water partition coefficient (Wildman–Crippen LogP) is 1.79. The lowest BCUT2D eigenvalue weighted by molar-refractivity contribution is 0.0115. The molecule has 0 aromatic heterocycles. The number of carbonyl (C=O) groups excluding carboxylic acids is 2. The molecule has 0 saturated heterocycles. The third-order valence-electron chi connectivity index (χ3n) is 5.32. The van der Waals surface area contributed by atoms with Crippen LogP contribution < -0.4 is 16.0 Å². The van der Waals surface area contributed by atoms with E-state index in [1.54, 1.807) is 42.5 Å². The zero-order valence-corrected chi connectivity index (χ0v) is 16.9. The lowest BCUT2D eigenvalue weighted by Crippen LogP contribution is -2.36. The average molecular weight is 408 g/mol. The van der Waals surface area contributed by atoms with Crippen molar-refractivity contribution in [2.45, 2.75) is 32.0 Å². The van der Waals surface area contributed by atoms with E-state index >= 15 is 0 Å². The molecule has 0 bridgehead atoms. The van der Waals surface area contributed by atoms with Crippen molar-refractivity contribution in [2.24, 2.45) is 10.8 Å². The van der Waals surface area contributed by atoms with Crippen LogP contribution in [0.25, 0.3) is 0 Å². The second-order valence-corrected chi connectivity index (χ2v) is 8.02. The van der Waals surface area contributed by atoms with Gasteiger partial charge in [-0.15, -0.1) is 0 Å². The number of aliphatic hydroxyl groups is 1. The van der Waals surface area contributed by atoms with E-state index in [1.165, 1.54) is 4.90 Å². The maximum Gasteiger partial charge on any atom is 0.261 e. The summed E-state index contributed by atoms with van der Waals surface area (Å²) in [5, 5.41) is 10.5. The average Bonchev–Trinajstić information content (AvgIpc) is 2.95. The van der Waals surface area contributed by atoms with Crippen molar-refractivity contribution < 1.29 is 19.4 Å². The number of hydrogen-bond acceptors (Lipinski definition) is 6. The summed E-state index contributed by atoms with van der Waals surface area (Å²) < 4.78 is 5.93. The molecule has 8 heteroatoms. The molecule has 4 rings (SSSR count). The van der Waals surface area contributed by atoms with Crippen molar-refractivity contribution in [3.8, 4) is 5.75 Å². The Morgan fingerprint density at radius 1 is 1.23 bits per heavy atom. The smallest absolute Gasteiger partial charge is 0.261 e. The van der Waals surface area contributed by atoms with Crippen LogP contribution >= 0.6 is 0 Å². The molecular formula is C22H24N4O4. The molecule has 156 valence electrons. The van der Waals surface area contributed by atoms with Gasteiger partial charge in [0.15, 0.2) is 0 Å². The van der Waals surface area contributed by atoms with Crippen molar-refractivity contribution in [1.29, 1.82) is 0 Å². The maximum atomic E-state index is 12.4. The number of fused-ring (bicyclic) bond motifs is 2. The van der Waals surface area contributed by atoms with Crippen molar-refractivity contribution in [3.63, 3.8) is 0 Å². The van der Waals surface area contributed by atoms with E-state index in [4.69, 9.17) is 10.6 Å². The first-order valence-corrected chi connectivity index (χ1v) is 9.78. The molecule has 2 aliphatic heterocycles. The van der Waals surface area contributed by atoms with Gasteiger partial charge in [-0.2, -0.15) is 0 Å². The van der Waals surface area contributed by atoms with E-state index in [0.717, 1.165) is 0 Å². The van der Waals surface area contributed by atoms with Gasteiger partial charge in [0.25, 0.3) is 11.8 Å². The molecule has 8 nitrogen and oxygen atoms in total. The number of hydrogen-bond donors (Lipinski definition) is 3. The second-order valence-electron chi connectivity index (χ2n) is 8.02. The first-order valence-electron chi connectivity index (χ1n) is 9.78. The molecule has 2 heterocycles. The molecule has 0 aliphatic carbocycles. The first kappa shape index (κ1) is 20.1. The third-order valence-corrected chi connectivity index (χ3v) is 5.32. The fourth-order valence-electron chi connectivity index (χ4n) is 3.89. The molecule has 30 heavy (non-hydrogen) atoms. The Labute approximate surface area is 174 Å². The summed E-state index contributed by atoms with van der Waals surface area (Å²) in [6, 6.07) is 12.1. The Morgan fingerprint density at radius 2 is 1.90 bits per heavy atom. The number of amides is 2. The number of aliphatic hydroxyl groups excluding tert-OH is 1. The summed E-state index contributed by atoms with van der Waals surface area (Å²) in [5.41, 5.74) is 4.30. The van der Waals surface area contributed by atoms with E-state index in [2.05, 4.69) is 10.4 Å². The highest BCUT2D eigenvalue weighted by atomic mass is 16.5. The first-order chi connectivity index (χ1) is 14.3. The van der Waals surface area contributed by atoms with Gasteiger partial charge in [-0.05, 0) is 44.2 Å². The minimum atomic E-state index is -0.652. The number of ether oxygens (including phenoxy) is 1. The number of nitrogens with one attached hydrogen (secondary N) is 1. The fraction of sp³-hybridized carbons (Fsp3) is 0.318. The predicted molar refractivity (Wildman–Crippen MR) is 111 cm³/mol. The van der Waals surface area contributed by atoms with Gasteiger partial charge in [0.05, 0.1) is 23.8 Å². The van der Waals surface area contributed by atoms with Crippen molar-refractivity contribution >= 4 is 17.6 Å². The minimum absolute atomic E-state index is 0.141. The molecule has 0 spiro atoms. The van der Waals surface area contributed by atoms with Crippen molar-refractivity contribution in [2.75, 3.05) is 13.1 Å². The van der Waals surface area contributed by atoms with Crippen LogP contribution in [0.3, 0.4) is 0 Å². The highest BCUT2D eigenvalue weighted by Crippen LogP contribution is 2.39. The quantitative estimate of drug-likeness (QED) is 0.233. The number of nitrogens with two attached hydrogens (primary N) is 1. The van der Waals surface area contributed by atoms with Gasteiger partial charge in [0, 0.05) is 24.1 Å². The number of imide groups is 1. The van der Waals surface area contributed by atoms with E-state index in [-0.39, 0.29) is 24.9 Å². The van der Waals surface area contributed by atoms with Crippen LogP contribution in [0.2, 0.25) is 0 Å². The van der Waals surface area contributed by atoms with E-state index < -0.39 is 11.7 Å². The van der Waals surface area contributed by atoms with Crippen LogP contribution in [-0.2, 0) is 0 Å². The molecule has 2 aromatic rings. The standard InChI is InChI=1S/C22H24N4O4/c1-22(2)12-17(27)16-11-13(7-8-18(16)30-22)19(25-23)24-9-10-26-20(28)14-5-3-4-6-15(14)21(26)29/h3-8,11,17,27H,9-10,12,23H2,1-2H3,(H,24,25)/t17-/m0/s1. The Kier molecular flexibility index (Phi) is 5.05. The molecule has 0 unspecified atom stereocenters. The number of amidine groups is 1. The van der Waals surface area contributed by atoms with E-state index in [1.807, 2.05) is 13.8 Å². The van der Waals surface area contributed by atoms with Crippen molar-refractivity contribution in [3.05, 3.63) is 64.7 Å². The highest BCUT2D eigenvalue weighted by molar-refractivity contribution is 6.21. The molecule has 2 aromatic carbocycles. The number of nitrogens with zero attached hydrogens (tertiary/aromatic N) is 2. The number of carbonyl (C=O) groups is 2. The number of rotatable bonds is 4. The summed E-state index contributed by atoms with van der Waals surface area (Å²) in [4.78, 5) is 30.5. The topological polar surface area (TPSA) is 117 Å². The summed E-state index contributed by atoms with van der Waals surface area (Å²) in [7, 11) is 0. The molecule has 4 N–H and O–H groups in total. The zero-order valence-electron chi connectivity index (χ0n) is 16.9. The van der Waals surface area contributed by atoms with Crippen LogP contribution in [0.1, 0.15) is 58.2 Å². The summed E-state index contributed by atoms with van der Waals surface area (Å²) in [6.45, 7) is 4.19.